The molecule has 3 aromatic rings. The van der Waals surface area contributed by atoms with Gasteiger partial charge in [-0.05, 0) is 43.3 Å². The van der Waals surface area contributed by atoms with Gasteiger partial charge in [-0.1, -0.05) is 12.1 Å². The molecule has 1 aliphatic heterocycles. The number of rotatable bonds is 4. The van der Waals surface area contributed by atoms with E-state index in [1.54, 1.807) is 6.20 Å². The predicted octanol–water partition coefficient (Wildman–Crippen LogP) is 2.53. The lowest BCUT2D eigenvalue weighted by atomic mass is 10.1. The maximum Gasteiger partial charge on any atom is 0.156 e. The molecule has 0 amide bonds. The Hall–Kier alpha value is -2.44. The van der Waals surface area contributed by atoms with Gasteiger partial charge in [0.25, 0.3) is 0 Å². The van der Waals surface area contributed by atoms with Crippen molar-refractivity contribution in [2.45, 2.75) is 13.5 Å². The van der Waals surface area contributed by atoms with Crippen molar-refractivity contribution in [3.8, 4) is 0 Å². The number of anilines is 2. The minimum absolute atomic E-state index is 0.833. The van der Waals surface area contributed by atoms with E-state index in [4.69, 9.17) is 0 Å². The van der Waals surface area contributed by atoms with Crippen molar-refractivity contribution in [3.05, 3.63) is 53.9 Å². The summed E-state index contributed by atoms with van der Waals surface area (Å²) in [5.41, 5.74) is 4.40. The summed E-state index contributed by atoms with van der Waals surface area (Å²) in [5.74, 6) is 0.833. The second-order valence-electron chi connectivity index (χ2n) is 6.81. The van der Waals surface area contributed by atoms with Gasteiger partial charge in [-0.25, -0.2) is 9.50 Å². The number of nitrogens with zero attached hydrogens (tertiary/aromatic N) is 5. The first-order valence-electron chi connectivity index (χ1n) is 8.75. The van der Waals surface area contributed by atoms with Gasteiger partial charge in [0.15, 0.2) is 11.5 Å². The van der Waals surface area contributed by atoms with Crippen LogP contribution in [0.25, 0.3) is 5.65 Å². The normalized spacial score (nSPS) is 16.4. The number of hydrogen-bond acceptors (Lipinski definition) is 5. The van der Waals surface area contributed by atoms with E-state index in [2.05, 4.69) is 63.4 Å². The average molecular weight is 336 g/mol. The number of imidazole rings is 1. The third-order valence-corrected chi connectivity index (χ3v) is 4.74. The van der Waals surface area contributed by atoms with Gasteiger partial charge in [0, 0.05) is 50.8 Å². The Labute approximate surface area is 148 Å². The predicted molar refractivity (Wildman–Crippen MR) is 100 cm³/mol. The Bertz CT molecular complexity index is 863. The molecular weight excluding hydrogens is 312 g/mol. The molecule has 6 heteroatoms. The van der Waals surface area contributed by atoms with Gasteiger partial charge in [0.1, 0.15) is 0 Å². The molecule has 1 fully saturated rings. The molecule has 0 radical (unpaired) electrons. The van der Waals surface area contributed by atoms with E-state index < -0.39 is 0 Å². The quantitative estimate of drug-likeness (QED) is 0.793. The zero-order valence-electron chi connectivity index (χ0n) is 14.8. The zero-order chi connectivity index (χ0) is 17.2. The summed E-state index contributed by atoms with van der Waals surface area (Å²) < 4.78 is 1.81. The fraction of sp³-hybridized carbons (Fsp3) is 0.368. The molecule has 0 atom stereocenters. The van der Waals surface area contributed by atoms with Gasteiger partial charge in [-0.3, -0.25) is 4.90 Å². The maximum atomic E-state index is 4.57. The minimum Gasteiger partial charge on any atom is -0.339 e. The number of likely N-dealkylation sites (N-methyl/N-ethyl adjacent to an activating group) is 1. The molecule has 0 unspecified atom stereocenters. The SMILES string of the molecule is Cc1cc(Nc2cccc(CN3CCN(C)CC3)c2)nn2ccnc12. The number of aryl methyl sites for hydroxylation is 1. The van der Waals surface area contributed by atoms with Crippen molar-refractivity contribution < 1.29 is 0 Å². The van der Waals surface area contributed by atoms with Crippen LogP contribution in [-0.2, 0) is 6.54 Å². The molecule has 0 spiro atoms. The summed E-state index contributed by atoms with van der Waals surface area (Å²) in [6.07, 6.45) is 3.65. The van der Waals surface area contributed by atoms with Crippen molar-refractivity contribution in [1.29, 1.82) is 0 Å². The van der Waals surface area contributed by atoms with E-state index >= 15 is 0 Å². The van der Waals surface area contributed by atoms with Crippen LogP contribution in [0.15, 0.2) is 42.7 Å². The number of benzene rings is 1. The van der Waals surface area contributed by atoms with Gasteiger partial charge < -0.3 is 10.2 Å². The molecule has 3 heterocycles. The van der Waals surface area contributed by atoms with E-state index in [0.29, 0.717) is 0 Å². The summed E-state index contributed by atoms with van der Waals surface area (Å²) in [4.78, 5) is 9.21. The van der Waals surface area contributed by atoms with Gasteiger partial charge in [0.05, 0.1) is 0 Å². The highest BCUT2D eigenvalue weighted by Gasteiger charge is 2.14. The maximum absolute atomic E-state index is 4.57. The Morgan fingerprint density at radius 1 is 1.12 bits per heavy atom. The number of hydrogen-bond donors (Lipinski definition) is 1. The van der Waals surface area contributed by atoms with Crippen molar-refractivity contribution >= 4 is 17.2 Å². The summed E-state index contributed by atoms with van der Waals surface area (Å²) in [6, 6.07) is 10.6. The van der Waals surface area contributed by atoms with Gasteiger partial charge in [-0.15, -0.1) is 5.10 Å². The molecule has 1 aliphatic rings. The van der Waals surface area contributed by atoms with Crippen LogP contribution in [0.2, 0.25) is 0 Å². The fourth-order valence-corrected chi connectivity index (χ4v) is 3.30. The van der Waals surface area contributed by atoms with Crippen LogP contribution in [0.1, 0.15) is 11.1 Å². The lowest BCUT2D eigenvalue weighted by Crippen LogP contribution is -2.43. The van der Waals surface area contributed by atoms with Crippen molar-refractivity contribution in [1.82, 2.24) is 24.4 Å². The van der Waals surface area contributed by atoms with Gasteiger partial charge in [0.2, 0.25) is 0 Å². The van der Waals surface area contributed by atoms with Crippen LogP contribution < -0.4 is 5.32 Å². The molecule has 0 saturated carbocycles. The monoisotopic (exact) mass is 336 g/mol. The van der Waals surface area contributed by atoms with Gasteiger partial charge in [-0.2, -0.15) is 0 Å². The van der Waals surface area contributed by atoms with Crippen molar-refractivity contribution in [2.75, 3.05) is 38.5 Å². The van der Waals surface area contributed by atoms with Crippen LogP contribution in [0, 0.1) is 6.92 Å². The lowest BCUT2D eigenvalue weighted by Gasteiger charge is -2.32. The molecular formula is C19H24N6. The molecule has 2 aromatic heterocycles. The Morgan fingerprint density at radius 2 is 1.96 bits per heavy atom. The average Bonchev–Trinajstić information content (AvgIpc) is 3.06. The van der Waals surface area contributed by atoms with E-state index in [-0.39, 0.29) is 0 Å². The second-order valence-corrected chi connectivity index (χ2v) is 6.81. The number of nitrogens with one attached hydrogen (secondary N) is 1. The van der Waals surface area contributed by atoms with E-state index in [1.807, 2.05) is 16.8 Å². The smallest absolute Gasteiger partial charge is 0.156 e. The third kappa shape index (κ3) is 3.65. The molecule has 130 valence electrons. The van der Waals surface area contributed by atoms with Crippen molar-refractivity contribution in [3.63, 3.8) is 0 Å². The number of piperazine rings is 1. The second kappa shape index (κ2) is 6.82. The highest BCUT2D eigenvalue weighted by molar-refractivity contribution is 5.60. The molecule has 4 rings (SSSR count). The standard InChI is InChI=1S/C19H24N6/c1-15-12-18(22-25-7-6-20-19(15)25)21-17-5-3-4-16(13-17)14-24-10-8-23(2)9-11-24/h3-7,12-13H,8-11,14H2,1-2H3,(H,21,22). The van der Waals surface area contributed by atoms with E-state index in [1.165, 1.54) is 5.56 Å². The van der Waals surface area contributed by atoms with Crippen LogP contribution in [0.4, 0.5) is 11.5 Å². The first-order valence-corrected chi connectivity index (χ1v) is 8.75. The highest BCUT2D eigenvalue weighted by Crippen LogP contribution is 2.19. The highest BCUT2D eigenvalue weighted by atomic mass is 15.3. The summed E-state index contributed by atoms with van der Waals surface area (Å²) in [7, 11) is 2.19. The van der Waals surface area contributed by atoms with Crippen LogP contribution in [0.5, 0.6) is 0 Å². The fourth-order valence-electron chi connectivity index (χ4n) is 3.30. The summed E-state index contributed by atoms with van der Waals surface area (Å²) in [6.45, 7) is 7.60. The van der Waals surface area contributed by atoms with Crippen LogP contribution in [-0.4, -0.2) is 57.6 Å². The van der Waals surface area contributed by atoms with E-state index in [9.17, 15) is 0 Å². The zero-order valence-corrected chi connectivity index (χ0v) is 14.8. The summed E-state index contributed by atoms with van der Waals surface area (Å²) in [5, 5.41) is 8.00. The Balaban J connectivity index is 1.48. The Kier molecular flexibility index (Phi) is 4.38. The molecule has 1 N–H and O–H groups in total. The van der Waals surface area contributed by atoms with Crippen molar-refractivity contribution in [2.24, 2.45) is 0 Å². The van der Waals surface area contributed by atoms with Crippen LogP contribution >= 0.6 is 0 Å². The topological polar surface area (TPSA) is 48.7 Å². The molecule has 25 heavy (non-hydrogen) atoms. The number of fused-ring (bicyclic) bond motifs is 1. The molecule has 1 saturated heterocycles. The molecule has 1 aromatic carbocycles. The van der Waals surface area contributed by atoms with Gasteiger partial charge >= 0.3 is 0 Å². The molecule has 0 aliphatic carbocycles. The third-order valence-electron chi connectivity index (χ3n) is 4.74. The first-order chi connectivity index (χ1) is 12.2. The summed E-state index contributed by atoms with van der Waals surface area (Å²) >= 11 is 0. The van der Waals surface area contributed by atoms with E-state index in [0.717, 1.165) is 55.4 Å². The number of aromatic nitrogens is 3. The lowest BCUT2D eigenvalue weighted by molar-refractivity contribution is 0.148. The largest absolute Gasteiger partial charge is 0.339 e. The van der Waals surface area contributed by atoms with Crippen LogP contribution in [0.3, 0.4) is 0 Å². The molecule has 6 nitrogen and oxygen atoms in total. The molecule has 0 bridgehead atoms. The Morgan fingerprint density at radius 3 is 2.80 bits per heavy atom. The first kappa shape index (κ1) is 16.1. The minimum atomic E-state index is 0.833.